The Hall–Kier alpha value is -2.60. The van der Waals surface area contributed by atoms with E-state index in [0.29, 0.717) is 5.75 Å². The lowest BCUT2D eigenvalue weighted by atomic mass is 10.2. The van der Waals surface area contributed by atoms with E-state index in [2.05, 4.69) is 0 Å². The zero-order valence-electron chi connectivity index (χ0n) is 12.9. The Bertz CT molecular complexity index is 749. The van der Waals surface area contributed by atoms with Crippen LogP contribution in [0.4, 0.5) is 4.79 Å². The number of hydrogen-bond donors (Lipinski definition) is 0. The number of rotatable bonds is 6. The summed E-state index contributed by atoms with van der Waals surface area (Å²) in [6.07, 6.45) is 0. The summed E-state index contributed by atoms with van der Waals surface area (Å²) in [5.41, 5.74) is 0.813. The molecular weight excluding hydrogens is 324 g/mol. The van der Waals surface area contributed by atoms with E-state index in [0.717, 1.165) is 20.3 Å². The zero-order chi connectivity index (χ0) is 16.9. The first-order valence-corrected chi connectivity index (χ1v) is 8.54. The summed E-state index contributed by atoms with van der Waals surface area (Å²) in [4.78, 5) is 39.6. The molecule has 0 atom stereocenters. The van der Waals surface area contributed by atoms with Gasteiger partial charge in [-0.25, -0.2) is 4.79 Å². The standard InChI is InChI=1S/C18H16N2O3S/c21-16-17(22)20(13-14-7-3-1-4-8-14)18(23)19(16)11-12-24-15-9-5-2-6-10-15/h1-10H,11-13H2. The van der Waals surface area contributed by atoms with Gasteiger partial charge in [0.1, 0.15) is 0 Å². The van der Waals surface area contributed by atoms with Crippen molar-refractivity contribution < 1.29 is 14.4 Å². The highest BCUT2D eigenvalue weighted by atomic mass is 32.2. The van der Waals surface area contributed by atoms with E-state index in [1.165, 1.54) is 0 Å². The van der Waals surface area contributed by atoms with E-state index >= 15 is 0 Å². The molecule has 1 saturated heterocycles. The van der Waals surface area contributed by atoms with E-state index in [4.69, 9.17) is 0 Å². The average Bonchev–Trinajstić information content (AvgIpc) is 2.81. The fourth-order valence-corrected chi connectivity index (χ4v) is 3.28. The van der Waals surface area contributed by atoms with Gasteiger partial charge in [0, 0.05) is 17.2 Å². The molecule has 4 amide bonds. The summed E-state index contributed by atoms with van der Waals surface area (Å²) in [6.45, 7) is 0.334. The van der Waals surface area contributed by atoms with Crippen molar-refractivity contribution in [2.75, 3.05) is 12.3 Å². The zero-order valence-corrected chi connectivity index (χ0v) is 13.7. The average molecular weight is 340 g/mol. The van der Waals surface area contributed by atoms with Crippen molar-refractivity contribution in [3.8, 4) is 0 Å². The monoisotopic (exact) mass is 340 g/mol. The van der Waals surface area contributed by atoms with Crippen LogP contribution in [0, 0.1) is 0 Å². The normalized spacial score (nSPS) is 14.6. The number of nitrogens with zero attached hydrogens (tertiary/aromatic N) is 2. The maximum Gasteiger partial charge on any atom is 0.334 e. The van der Waals surface area contributed by atoms with E-state index in [-0.39, 0.29) is 13.1 Å². The molecule has 0 saturated carbocycles. The molecule has 6 heteroatoms. The fraction of sp³-hybridized carbons (Fsp3) is 0.167. The minimum Gasteiger partial charge on any atom is -0.263 e. The maximum absolute atomic E-state index is 12.4. The Morgan fingerprint density at radius 1 is 0.750 bits per heavy atom. The van der Waals surface area contributed by atoms with Crippen molar-refractivity contribution >= 4 is 29.6 Å². The second-order valence-electron chi connectivity index (χ2n) is 5.28. The number of carbonyl (C=O) groups excluding carboxylic acids is 3. The minimum atomic E-state index is -0.756. The molecule has 1 aliphatic rings. The van der Waals surface area contributed by atoms with E-state index in [9.17, 15) is 14.4 Å². The van der Waals surface area contributed by atoms with Crippen molar-refractivity contribution in [1.82, 2.24) is 9.80 Å². The van der Waals surface area contributed by atoms with Gasteiger partial charge in [0.15, 0.2) is 0 Å². The number of imide groups is 2. The van der Waals surface area contributed by atoms with Gasteiger partial charge in [-0.05, 0) is 17.7 Å². The molecule has 0 aromatic heterocycles. The first-order chi connectivity index (χ1) is 11.7. The molecule has 0 spiro atoms. The number of benzene rings is 2. The van der Waals surface area contributed by atoms with Gasteiger partial charge in [-0.1, -0.05) is 48.5 Å². The van der Waals surface area contributed by atoms with Crippen LogP contribution in [0.2, 0.25) is 0 Å². The molecule has 2 aromatic carbocycles. The third-order valence-corrected chi connectivity index (χ3v) is 4.64. The number of urea groups is 1. The lowest BCUT2D eigenvalue weighted by Gasteiger charge is -2.15. The highest BCUT2D eigenvalue weighted by Gasteiger charge is 2.43. The lowest BCUT2D eigenvalue weighted by Crippen LogP contribution is -2.34. The molecule has 5 nitrogen and oxygen atoms in total. The fourth-order valence-electron chi connectivity index (χ4n) is 2.42. The van der Waals surface area contributed by atoms with Gasteiger partial charge in [-0.3, -0.25) is 19.4 Å². The Morgan fingerprint density at radius 2 is 1.33 bits per heavy atom. The highest BCUT2D eigenvalue weighted by molar-refractivity contribution is 7.99. The van der Waals surface area contributed by atoms with Gasteiger partial charge >= 0.3 is 17.8 Å². The number of hydrogen-bond acceptors (Lipinski definition) is 4. The molecule has 1 fully saturated rings. The molecule has 0 unspecified atom stereocenters. The highest BCUT2D eigenvalue weighted by Crippen LogP contribution is 2.20. The third-order valence-electron chi connectivity index (χ3n) is 3.65. The minimum absolute atomic E-state index is 0.118. The van der Waals surface area contributed by atoms with Crippen LogP contribution in [0.15, 0.2) is 65.6 Å². The van der Waals surface area contributed by atoms with Crippen LogP contribution in [0.3, 0.4) is 0 Å². The molecule has 1 aliphatic heterocycles. The summed E-state index contributed by atoms with van der Waals surface area (Å²) in [7, 11) is 0. The summed E-state index contributed by atoms with van der Waals surface area (Å²) in [6, 6.07) is 18.3. The smallest absolute Gasteiger partial charge is 0.263 e. The molecule has 2 aromatic rings. The Balaban J connectivity index is 1.61. The Kier molecular flexibility index (Phi) is 4.96. The number of amides is 4. The van der Waals surface area contributed by atoms with Crippen molar-refractivity contribution in [2.24, 2.45) is 0 Å². The number of carbonyl (C=O) groups is 3. The van der Waals surface area contributed by atoms with Crippen LogP contribution in [0.5, 0.6) is 0 Å². The lowest BCUT2D eigenvalue weighted by molar-refractivity contribution is -0.143. The Labute approximate surface area is 144 Å². The molecule has 24 heavy (non-hydrogen) atoms. The first kappa shape index (κ1) is 16.3. The molecule has 122 valence electrons. The van der Waals surface area contributed by atoms with Gasteiger partial charge in [0.25, 0.3) is 0 Å². The molecule has 0 bridgehead atoms. The van der Waals surface area contributed by atoms with E-state index < -0.39 is 17.8 Å². The van der Waals surface area contributed by atoms with Crippen LogP contribution in [0.1, 0.15) is 5.56 Å². The van der Waals surface area contributed by atoms with Crippen molar-refractivity contribution in [2.45, 2.75) is 11.4 Å². The summed E-state index contributed by atoms with van der Waals surface area (Å²) in [5, 5.41) is 0. The van der Waals surface area contributed by atoms with Crippen LogP contribution in [-0.4, -0.2) is 39.9 Å². The topological polar surface area (TPSA) is 57.7 Å². The molecule has 0 N–H and O–H groups in total. The van der Waals surface area contributed by atoms with Gasteiger partial charge in [-0.15, -0.1) is 11.8 Å². The molecule has 0 radical (unpaired) electrons. The van der Waals surface area contributed by atoms with Crippen molar-refractivity contribution in [3.05, 3.63) is 66.2 Å². The van der Waals surface area contributed by atoms with Crippen LogP contribution in [0.25, 0.3) is 0 Å². The van der Waals surface area contributed by atoms with Crippen LogP contribution >= 0.6 is 11.8 Å². The molecule has 1 heterocycles. The van der Waals surface area contributed by atoms with Gasteiger partial charge < -0.3 is 0 Å². The second kappa shape index (κ2) is 7.31. The Morgan fingerprint density at radius 3 is 2.00 bits per heavy atom. The molecule has 3 rings (SSSR count). The quantitative estimate of drug-likeness (QED) is 0.461. The summed E-state index contributed by atoms with van der Waals surface area (Å²) < 4.78 is 0. The van der Waals surface area contributed by atoms with E-state index in [1.54, 1.807) is 11.8 Å². The van der Waals surface area contributed by atoms with Crippen LogP contribution in [-0.2, 0) is 16.1 Å². The predicted molar refractivity (Wildman–Crippen MR) is 91.3 cm³/mol. The van der Waals surface area contributed by atoms with Crippen molar-refractivity contribution in [1.29, 1.82) is 0 Å². The second-order valence-corrected chi connectivity index (χ2v) is 6.45. The molecular formula is C18H16N2O3S. The number of thioether (sulfide) groups is 1. The largest absolute Gasteiger partial charge is 0.334 e. The maximum atomic E-state index is 12.4. The SMILES string of the molecule is O=C1C(=O)N(Cc2ccccc2)C(=O)N1CCSc1ccccc1. The predicted octanol–water partition coefficient (Wildman–Crippen LogP) is 2.77. The van der Waals surface area contributed by atoms with Gasteiger partial charge in [0.05, 0.1) is 6.54 Å². The third kappa shape index (κ3) is 3.49. The van der Waals surface area contributed by atoms with Gasteiger partial charge in [-0.2, -0.15) is 0 Å². The van der Waals surface area contributed by atoms with Gasteiger partial charge in [0.2, 0.25) is 0 Å². The molecule has 0 aliphatic carbocycles. The van der Waals surface area contributed by atoms with E-state index in [1.807, 2.05) is 60.7 Å². The first-order valence-electron chi connectivity index (χ1n) is 7.56. The summed E-state index contributed by atoms with van der Waals surface area (Å²) >= 11 is 1.54. The summed E-state index contributed by atoms with van der Waals surface area (Å²) in [5.74, 6) is -0.952. The van der Waals surface area contributed by atoms with Crippen LogP contribution < -0.4 is 0 Å². The van der Waals surface area contributed by atoms with Crippen molar-refractivity contribution in [3.63, 3.8) is 0 Å².